The molecule has 1 unspecified atom stereocenters. The number of carboxylic acids is 1. The molecule has 0 aromatic heterocycles. The fraction of sp³-hybridized carbons (Fsp3) is 0.467. The van der Waals surface area contributed by atoms with Gasteiger partial charge in [0.05, 0.1) is 19.8 Å². The van der Waals surface area contributed by atoms with Crippen molar-refractivity contribution in [2.75, 3.05) is 19.8 Å². The van der Waals surface area contributed by atoms with E-state index in [4.69, 9.17) is 19.3 Å². The molecule has 0 aliphatic carbocycles. The van der Waals surface area contributed by atoms with Crippen LogP contribution < -0.4 is 5.32 Å². The van der Waals surface area contributed by atoms with E-state index in [0.29, 0.717) is 13.2 Å². The topological polar surface area (TPSA) is 94.1 Å². The fourth-order valence-electron chi connectivity index (χ4n) is 2.13. The molecule has 2 N–H and O–H groups in total. The highest BCUT2D eigenvalue weighted by Crippen LogP contribution is 2.28. The van der Waals surface area contributed by atoms with Crippen molar-refractivity contribution in [2.45, 2.75) is 19.3 Å². The molecule has 7 nitrogen and oxygen atoms in total. The third-order valence-electron chi connectivity index (χ3n) is 3.50. The second-order valence-corrected chi connectivity index (χ2v) is 4.98. The summed E-state index contributed by atoms with van der Waals surface area (Å²) >= 11 is 0. The number of ether oxygens (including phenoxy) is 3. The molecule has 1 fully saturated rings. The van der Waals surface area contributed by atoms with Crippen molar-refractivity contribution in [3.05, 3.63) is 35.9 Å². The number of amides is 1. The minimum Gasteiger partial charge on any atom is -0.481 e. The third-order valence-corrected chi connectivity index (χ3v) is 3.50. The zero-order valence-electron chi connectivity index (χ0n) is 12.3. The van der Waals surface area contributed by atoms with Gasteiger partial charge in [0.1, 0.15) is 12.5 Å². The molecule has 0 saturated carbocycles. The molecule has 2 rings (SSSR count). The smallest absolute Gasteiger partial charge is 0.407 e. The number of nitrogens with one attached hydrogen (secondary N) is 1. The molecule has 7 heteroatoms. The third kappa shape index (κ3) is 3.96. The fourth-order valence-corrected chi connectivity index (χ4v) is 2.13. The zero-order chi connectivity index (χ0) is 16.0. The second kappa shape index (κ2) is 7.24. The predicted octanol–water partition coefficient (Wildman–Crippen LogP) is 1.38. The van der Waals surface area contributed by atoms with Crippen LogP contribution in [0.25, 0.3) is 0 Å². The van der Waals surface area contributed by atoms with Crippen LogP contribution in [0.3, 0.4) is 0 Å². The molecule has 1 aliphatic rings. The van der Waals surface area contributed by atoms with Crippen LogP contribution in [0, 0.1) is 5.92 Å². The average Bonchev–Trinajstić information content (AvgIpc) is 3.01. The normalized spacial score (nSPS) is 17.7. The quantitative estimate of drug-likeness (QED) is 0.824. The summed E-state index contributed by atoms with van der Waals surface area (Å²) in [7, 11) is 0. The summed E-state index contributed by atoms with van der Waals surface area (Å²) in [5.74, 6) is -3.32. The van der Waals surface area contributed by atoms with Crippen LogP contribution in [-0.4, -0.2) is 42.7 Å². The van der Waals surface area contributed by atoms with E-state index in [-0.39, 0.29) is 13.2 Å². The molecule has 1 saturated heterocycles. The van der Waals surface area contributed by atoms with Crippen LogP contribution in [0.15, 0.2) is 30.3 Å². The number of aliphatic carboxylic acids is 1. The number of carbonyl (C=O) groups excluding carboxylic acids is 1. The molecule has 1 aliphatic heterocycles. The number of rotatable bonds is 6. The maximum Gasteiger partial charge on any atom is 0.407 e. The lowest BCUT2D eigenvalue weighted by Crippen LogP contribution is -2.51. The van der Waals surface area contributed by atoms with Gasteiger partial charge in [-0.3, -0.25) is 4.79 Å². The van der Waals surface area contributed by atoms with Gasteiger partial charge in [-0.2, -0.15) is 0 Å². The Balaban J connectivity index is 1.84. The van der Waals surface area contributed by atoms with Crippen molar-refractivity contribution in [1.82, 2.24) is 5.32 Å². The minimum atomic E-state index is -1.35. The van der Waals surface area contributed by atoms with E-state index in [1.807, 2.05) is 30.3 Å². The first-order valence-corrected chi connectivity index (χ1v) is 6.99. The molecular weight excluding hydrogens is 290 g/mol. The number of hydrogen-bond acceptors (Lipinski definition) is 5. The van der Waals surface area contributed by atoms with E-state index in [9.17, 15) is 9.59 Å². The van der Waals surface area contributed by atoms with Crippen LogP contribution >= 0.6 is 0 Å². The number of alkyl carbamates (subject to hydrolysis) is 1. The van der Waals surface area contributed by atoms with Crippen molar-refractivity contribution in [3.63, 3.8) is 0 Å². The van der Waals surface area contributed by atoms with Gasteiger partial charge in [-0.25, -0.2) is 4.79 Å². The highest BCUT2D eigenvalue weighted by molar-refractivity contribution is 5.71. The van der Waals surface area contributed by atoms with Crippen molar-refractivity contribution in [1.29, 1.82) is 0 Å². The molecule has 1 amide bonds. The van der Waals surface area contributed by atoms with Gasteiger partial charge in [-0.05, 0) is 12.5 Å². The van der Waals surface area contributed by atoms with Crippen LogP contribution in [0.1, 0.15) is 12.5 Å². The SMILES string of the molecule is CC(C(=O)O)C1(CNC(=O)OCc2ccccc2)OCCO1. The van der Waals surface area contributed by atoms with Crippen molar-refractivity contribution in [3.8, 4) is 0 Å². The first-order valence-electron chi connectivity index (χ1n) is 6.99. The van der Waals surface area contributed by atoms with Gasteiger partial charge >= 0.3 is 12.1 Å². The average molecular weight is 309 g/mol. The second-order valence-electron chi connectivity index (χ2n) is 4.98. The van der Waals surface area contributed by atoms with Gasteiger partial charge in [0, 0.05) is 0 Å². The van der Waals surface area contributed by atoms with Crippen molar-refractivity contribution in [2.24, 2.45) is 5.92 Å². The Bertz CT molecular complexity index is 512. The Hall–Kier alpha value is -2.12. The first kappa shape index (κ1) is 16.3. The Morgan fingerprint density at radius 2 is 1.95 bits per heavy atom. The standard InChI is InChI=1S/C15H19NO6/c1-11(13(17)18)15(21-7-8-22-15)10-16-14(19)20-9-12-5-3-2-4-6-12/h2-6,11H,7-10H2,1H3,(H,16,19)(H,17,18). The number of carbonyl (C=O) groups is 2. The lowest BCUT2D eigenvalue weighted by Gasteiger charge is -2.30. The van der Waals surface area contributed by atoms with Gasteiger partial charge in [0.25, 0.3) is 0 Å². The summed E-state index contributed by atoms with van der Waals surface area (Å²) in [6, 6.07) is 9.24. The Labute approximate surface area is 128 Å². The Kier molecular flexibility index (Phi) is 5.35. The molecule has 1 heterocycles. The molecule has 0 bridgehead atoms. The summed E-state index contributed by atoms with van der Waals surface area (Å²) in [5, 5.41) is 11.6. The van der Waals surface area contributed by atoms with Crippen LogP contribution in [0.2, 0.25) is 0 Å². The molecule has 0 radical (unpaired) electrons. The van der Waals surface area contributed by atoms with Crippen LogP contribution in [0.5, 0.6) is 0 Å². The van der Waals surface area contributed by atoms with Gasteiger partial charge in [0.2, 0.25) is 0 Å². The molecule has 22 heavy (non-hydrogen) atoms. The summed E-state index contributed by atoms with van der Waals surface area (Å²) in [5.41, 5.74) is 0.861. The number of hydrogen-bond donors (Lipinski definition) is 2. The molecular formula is C15H19NO6. The maximum atomic E-state index is 11.7. The van der Waals surface area contributed by atoms with Gasteiger partial charge in [-0.1, -0.05) is 30.3 Å². The van der Waals surface area contributed by atoms with Gasteiger partial charge in [0.15, 0.2) is 5.79 Å². The van der Waals surface area contributed by atoms with E-state index in [0.717, 1.165) is 5.56 Å². The van der Waals surface area contributed by atoms with Crippen molar-refractivity contribution < 1.29 is 28.9 Å². The van der Waals surface area contributed by atoms with Crippen LogP contribution in [-0.2, 0) is 25.6 Å². The largest absolute Gasteiger partial charge is 0.481 e. The number of carboxylic acid groups (broad SMARTS) is 1. The molecule has 1 aromatic rings. The van der Waals surface area contributed by atoms with E-state index < -0.39 is 23.8 Å². The van der Waals surface area contributed by atoms with E-state index in [2.05, 4.69) is 5.32 Å². The van der Waals surface area contributed by atoms with E-state index in [1.165, 1.54) is 6.92 Å². The van der Waals surface area contributed by atoms with Crippen LogP contribution in [0.4, 0.5) is 4.79 Å². The van der Waals surface area contributed by atoms with Crippen molar-refractivity contribution >= 4 is 12.1 Å². The highest BCUT2D eigenvalue weighted by Gasteiger charge is 2.46. The Morgan fingerprint density at radius 1 is 1.32 bits per heavy atom. The highest BCUT2D eigenvalue weighted by atomic mass is 16.7. The Morgan fingerprint density at radius 3 is 2.55 bits per heavy atom. The summed E-state index contributed by atoms with van der Waals surface area (Å²) < 4.78 is 15.9. The van der Waals surface area contributed by atoms with Gasteiger partial charge in [-0.15, -0.1) is 0 Å². The maximum absolute atomic E-state index is 11.7. The molecule has 120 valence electrons. The number of benzene rings is 1. The zero-order valence-corrected chi connectivity index (χ0v) is 12.3. The lowest BCUT2D eigenvalue weighted by atomic mass is 10.0. The van der Waals surface area contributed by atoms with E-state index >= 15 is 0 Å². The predicted molar refractivity (Wildman–Crippen MR) is 76.1 cm³/mol. The summed E-state index contributed by atoms with van der Waals surface area (Å²) in [6.45, 7) is 2.10. The summed E-state index contributed by atoms with van der Waals surface area (Å²) in [6.07, 6.45) is -0.653. The van der Waals surface area contributed by atoms with Gasteiger partial charge < -0.3 is 24.6 Å². The van der Waals surface area contributed by atoms with E-state index in [1.54, 1.807) is 0 Å². The first-order chi connectivity index (χ1) is 10.5. The molecule has 1 atom stereocenters. The molecule has 1 aromatic carbocycles. The monoisotopic (exact) mass is 309 g/mol. The minimum absolute atomic E-state index is 0.0892. The lowest BCUT2D eigenvalue weighted by molar-refractivity contribution is -0.200. The molecule has 0 spiro atoms. The summed E-state index contributed by atoms with van der Waals surface area (Å²) in [4.78, 5) is 22.9.